The number of carbonyl (C=O) groups is 1. The Labute approximate surface area is 112 Å². The predicted octanol–water partition coefficient (Wildman–Crippen LogP) is -3.14. The molecule has 0 radical (unpaired) electrons. The van der Waals surface area contributed by atoms with Crippen LogP contribution in [0.2, 0.25) is 0 Å². The van der Waals surface area contributed by atoms with Crippen LogP contribution in [0.4, 0.5) is 0 Å². The van der Waals surface area contributed by atoms with Gasteiger partial charge in [0.2, 0.25) is 0 Å². The van der Waals surface area contributed by atoms with Crippen LogP contribution in [0.3, 0.4) is 0 Å². The second-order valence-corrected chi connectivity index (χ2v) is 5.91. The molecular formula is C6H14O12P2. The van der Waals surface area contributed by atoms with E-state index in [1.165, 1.54) is 0 Å². The van der Waals surface area contributed by atoms with Crippen molar-refractivity contribution in [3.8, 4) is 0 Å². The lowest BCUT2D eigenvalue weighted by molar-refractivity contribution is -0.142. The van der Waals surface area contributed by atoms with Crippen molar-refractivity contribution in [3.05, 3.63) is 0 Å². The second kappa shape index (κ2) is 7.69. The third kappa shape index (κ3) is 8.15. The van der Waals surface area contributed by atoms with Gasteiger partial charge >= 0.3 is 15.6 Å². The molecule has 0 aliphatic heterocycles. The normalized spacial score (nSPS) is 17.6. The fourth-order valence-corrected chi connectivity index (χ4v) is 1.85. The minimum Gasteiger partial charge on any atom is -0.394 e. The van der Waals surface area contributed by atoms with Gasteiger partial charge in [0.1, 0.15) is 24.9 Å². The van der Waals surface area contributed by atoms with Gasteiger partial charge < -0.3 is 34.9 Å². The fourth-order valence-electron chi connectivity index (χ4n) is 1.01. The second-order valence-electron chi connectivity index (χ2n) is 3.48. The van der Waals surface area contributed by atoms with Crippen LogP contribution >= 0.6 is 15.6 Å². The van der Waals surface area contributed by atoms with Gasteiger partial charge in [-0.3, -0.25) is 13.8 Å². The van der Waals surface area contributed by atoms with Crippen LogP contribution in [-0.2, 0) is 23.0 Å². The summed E-state index contributed by atoms with van der Waals surface area (Å²) in [7, 11) is -10.1. The van der Waals surface area contributed by atoms with E-state index in [0.29, 0.717) is 0 Å². The molecule has 0 aliphatic carbocycles. The van der Waals surface area contributed by atoms with Crippen molar-refractivity contribution in [1.29, 1.82) is 0 Å². The van der Waals surface area contributed by atoms with E-state index in [0.717, 1.165) is 0 Å². The number of hydrogen-bond donors (Lipinski definition) is 7. The molecule has 0 unspecified atom stereocenters. The predicted molar refractivity (Wildman–Crippen MR) is 59.0 cm³/mol. The Morgan fingerprint density at radius 1 is 1.05 bits per heavy atom. The molecule has 7 N–H and O–H groups in total. The molecule has 14 heteroatoms. The fraction of sp³-hybridized carbons (Fsp3) is 0.833. The molecule has 0 aromatic heterocycles. The molecule has 12 nitrogen and oxygen atoms in total. The van der Waals surface area contributed by atoms with Crippen LogP contribution in [0.5, 0.6) is 0 Å². The summed E-state index contributed by atoms with van der Waals surface area (Å²) >= 11 is 0. The molecule has 0 fully saturated rings. The SMILES string of the molecule is O=C(COP(=O)(O)O)[C@@H](O)[C@H](O)[C@@H](CO)OP(=O)(O)O. The molecule has 0 aliphatic rings. The maximum Gasteiger partial charge on any atom is 0.470 e. The Morgan fingerprint density at radius 3 is 1.90 bits per heavy atom. The van der Waals surface area contributed by atoms with E-state index in [4.69, 9.17) is 24.7 Å². The van der Waals surface area contributed by atoms with Crippen LogP contribution < -0.4 is 0 Å². The largest absolute Gasteiger partial charge is 0.470 e. The summed E-state index contributed by atoms with van der Waals surface area (Å²) in [5.74, 6) is -1.39. The van der Waals surface area contributed by atoms with Crippen molar-refractivity contribution in [2.24, 2.45) is 0 Å². The van der Waals surface area contributed by atoms with Crippen LogP contribution in [0, 0.1) is 0 Å². The number of rotatable bonds is 9. The molecular weight excluding hydrogens is 326 g/mol. The first kappa shape index (κ1) is 19.8. The van der Waals surface area contributed by atoms with E-state index in [2.05, 4.69) is 9.05 Å². The van der Waals surface area contributed by atoms with Crippen molar-refractivity contribution < 1.29 is 57.9 Å². The Morgan fingerprint density at radius 2 is 1.55 bits per heavy atom. The first-order valence-electron chi connectivity index (χ1n) is 4.81. The highest BCUT2D eigenvalue weighted by Gasteiger charge is 2.36. The molecule has 0 rings (SSSR count). The number of aliphatic hydroxyl groups excluding tert-OH is 3. The minimum atomic E-state index is -5.10. The number of hydrogen-bond acceptors (Lipinski definition) is 8. The third-order valence-electron chi connectivity index (χ3n) is 1.86. The number of Topliss-reactive ketones (excluding diaryl/α,β-unsaturated/α-hetero) is 1. The molecule has 0 saturated carbocycles. The van der Waals surface area contributed by atoms with Gasteiger partial charge in [-0.1, -0.05) is 0 Å². The highest BCUT2D eigenvalue weighted by Crippen LogP contribution is 2.38. The van der Waals surface area contributed by atoms with Gasteiger partial charge in [-0.2, -0.15) is 0 Å². The molecule has 20 heavy (non-hydrogen) atoms. The topological polar surface area (TPSA) is 211 Å². The molecule has 0 amide bonds. The molecule has 0 aromatic carbocycles. The summed E-state index contributed by atoms with van der Waals surface area (Å²) in [6.45, 7) is -2.41. The zero-order valence-corrected chi connectivity index (χ0v) is 11.5. The van der Waals surface area contributed by atoms with Crippen LogP contribution in [-0.4, -0.2) is 72.2 Å². The molecule has 0 aromatic rings. The van der Waals surface area contributed by atoms with Gasteiger partial charge in [0.15, 0.2) is 5.78 Å². The van der Waals surface area contributed by atoms with E-state index < -0.39 is 53.0 Å². The molecule has 0 heterocycles. The lowest BCUT2D eigenvalue weighted by atomic mass is 10.1. The van der Waals surface area contributed by atoms with Gasteiger partial charge in [-0.25, -0.2) is 9.13 Å². The zero-order valence-electron chi connectivity index (χ0n) is 9.71. The highest BCUT2D eigenvalue weighted by molar-refractivity contribution is 7.46. The van der Waals surface area contributed by atoms with E-state index in [1.807, 2.05) is 0 Å². The van der Waals surface area contributed by atoms with Gasteiger partial charge in [0.25, 0.3) is 0 Å². The third-order valence-corrected chi connectivity index (χ3v) is 2.87. The molecule has 0 saturated heterocycles. The van der Waals surface area contributed by atoms with E-state index in [1.54, 1.807) is 0 Å². The zero-order chi connectivity index (χ0) is 16.1. The van der Waals surface area contributed by atoms with Crippen molar-refractivity contribution in [1.82, 2.24) is 0 Å². The van der Waals surface area contributed by atoms with Gasteiger partial charge in [-0.05, 0) is 0 Å². The van der Waals surface area contributed by atoms with Crippen molar-refractivity contribution in [2.75, 3.05) is 13.2 Å². The number of phosphoric acid groups is 2. The molecule has 3 atom stereocenters. The summed E-state index contributed by atoms with van der Waals surface area (Å²) < 4.78 is 28.5. The molecule has 0 bridgehead atoms. The maximum absolute atomic E-state index is 11.2. The molecule has 120 valence electrons. The summed E-state index contributed by atoms with van der Waals surface area (Å²) in [5, 5.41) is 27.4. The smallest absolute Gasteiger partial charge is 0.394 e. The lowest BCUT2D eigenvalue weighted by Gasteiger charge is -2.24. The maximum atomic E-state index is 11.2. The number of carbonyl (C=O) groups excluding carboxylic acids is 1. The van der Waals surface area contributed by atoms with E-state index in [-0.39, 0.29) is 0 Å². The Bertz CT molecular complexity index is 410. The number of ketones is 1. The van der Waals surface area contributed by atoms with Crippen molar-refractivity contribution in [2.45, 2.75) is 18.3 Å². The van der Waals surface area contributed by atoms with Crippen LogP contribution in [0.15, 0.2) is 0 Å². The van der Waals surface area contributed by atoms with Crippen LogP contribution in [0.25, 0.3) is 0 Å². The average Bonchev–Trinajstić information content (AvgIpc) is 2.29. The first-order valence-corrected chi connectivity index (χ1v) is 7.87. The van der Waals surface area contributed by atoms with E-state index in [9.17, 15) is 24.1 Å². The van der Waals surface area contributed by atoms with Crippen molar-refractivity contribution >= 4 is 21.4 Å². The lowest BCUT2D eigenvalue weighted by Crippen LogP contribution is -2.45. The monoisotopic (exact) mass is 340 g/mol. The summed E-state index contributed by atoms with van der Waals surface area (Å²) in [4.78, 5) is 44.8. The highest BCUT2D eigenvalue weighted by atomic mass is 31.2. The summed E-state index contributed by atoms with van der Waals surface area (Å²) in [6.07, 6.45) is -6.59. The van der Waals surface area contributed by atoms with E-state index >= 15 is 0 Å². The standard InChI is InChI=1S/C6H14O12P2/c7-1-4(18-20(14,15)16)6(10)5(9)3(8)2-17-19(11,12)13/h4-7,9-10H,1-2H2,(H2,11,12,13)(H2,14,15,16)/t4-,5-,6-/m1/s1. The minimum absolute atomic E-state index is 1.14. The summed E-state index contributed by atoms with van der Waals surface area (Å²) in [6, 6.07) is 0. The Hall–Kier alpha value is -0.230. The van der Waals surface area contributed by atoms with Gasteiger partial charge in [-0.15, -0.1) is 0 Å². The van der Waals surface area contributed by atoms with Crippen LogP contribution in [0.1, 0.15) is 0 Å². The van der Waals surface area contributed by atoms with Gasteiger partial charge in [0.05, 0.1) is 6.61 Å². The summed E-state index contributed by atoms with van der Waals surface area (Å²) in [5.41, 5.74) is 0. The van der Waals surface area contributed by atoms with Gasteiger partial charge in [0, 0.05) is 0 Å². The first-order chi connectivity index (χ1) is 8.87. The quantitative estimate of drug-likeness (QED) is 0.207. The number of aliphatic hydroxyl groups is 3. The molecule has 0 spiro atoms. The van der Waals surface area contributed by atoms with Crippen molar-refractivity contribution in [3.63, 3.8) is 0 Å². The Kier molecular flexibility index (Phi) is 7.60. The Balaban J connectivity index is 4.65. The number of phosphoric ester groups is 2. The average molecular weight is 340 g/mol.